The van der Waals surface area contributed by atoms with Gasteiger partial charge in [0.2, 0.25) is 5.82 Å². The molecule has 2 rings (SSSR count). The maximum absolute atomic E-state index is 11.0. The van der Waals surface area contributed by atoms with Crippen molar-refractivity contribution in [2.24, 2.45) is 0 Å². The molecule has 0 unspecified atom stereocenters. The number of rotatable bonds is 6. The Morgan fingerprint density at radius 3 is 2.90 bits per heavy atom. The maximum atomic E-state index is 11.0. The van der Waals surface area contributed by atoms with E-state index in [1.54, 1.807) is 0 Å². The normalized spacial score (nSPS) is 15.4. The fourth-order valence-electron chi connectivity index (χ4n) is 2.42. The summed E-state index contributed by atoms with van der Waals surface area (Å²) >= 11 is 0. The molecule has 0 atom stereocenters. The third kappa shape index (κ3) is 4.39. The Labute approximate surface area is 123 Å². The SMILES string of the molecule is N#Cc1cnc(NCCOC2CCCCC2)c([N+](=O)[O-])c1. The summed E-state index contributed by atoms with van der Waals surface area (Å²) in [6.45, 7) is 0.944. The summed E-state index contributed by atoms with van der Waals surface area (Å²) in [6.07, 6.45) is 7.51. The average Bonchev–Trinajstić information content (AvgIpc) is 2.52. The van der Waals surface area contributed by atoms with E-state index in [1.807, 2.05) is 6.07 Å². The first-order valence-corrected chi connectivity index (χ1v) is 7.10. The van der Waals surface area contributed by atoms with Crippen molar-refractivity contribution in [3.05, 3.63) is 27.9 Å². The standard InChI is InChI=1S/C14H18N4O3/c15-9-11-8-13(18(19)20)14(17-10-11)16-6-7-21-12-4-2-1-3-5-12/h8,10,12H,1-7H2,(H,16,17). The lowest BCUT2D eigenvalue weighted by molar-refractivity contribution is -0.384. The fourth-order valence-corrected chi connectivity index (χ4v) is 2.42. The van der Waals surface area contributed by atoms with Crippen molar-refractivity contribution < 1.29 is 9.66 Å². The molecule has 0 spiro atoms. The van der Waals surface area contributed by atoms with E-state index in [2.05, 4.69) is 10.3 Å². The van der Waals surface area contributed by atoms with Crippen LogP contribution in [-0.4, -0.2) is 29.2 Å². The zero-order chi connectivity index (χ0) is 15.1. The molecule has 0 amide bonds. The largest absolute Gasteiger partial charge is 0.376 e. The van der Waals surface area contributed by atoms with Crippen LogP contribution in [-0.2, 0) is 4.74 Å². The number of hydrogen-bond acceptors (Lipinski definition) is 6. The highest BCUT2D eigenvalue weighted by molar-refractivity contribution is 5.58. The van der Waals surface area contributed by atoms with Crippen LogP contribution in [0.2, 0.25) is 0 Å². The van der Waals surface area contributed by atoms with E-state index in [9.17, 15) is 10.1 Å². The van der Waals surface area contributed by atoms with Gasteiger partial charge in [0.15, 0.2) is 0 Å². The summed E-state index contributed by atoms with van der Waals surface area (Å²) in [7, 11) is 0. The predicted molar refractivity (Wildman–Crippen MR) is 76.9 cm³/mol. The molecule has 0 aromatic carbocycles. The molecule has 0 aliphatic heterocycles. The molecule has 1 aliphatic carbocycles. The Kier molecular flexibility index (Phi) is 5.46. The molecule has 1 aromatic rings. The Balaban J connectivity index is 1.85. The first kappa shape index (κ1) is 15.2. The monoisotopic (exact) mass is 290 g/mol. The van der Waals surface area contributed by atoms with Gasteiger partial charge < -0.3 is 10.1 Å². The number of nitrogens with one attached hydrogen (secondary N) is 1. The van der Waals surface area contributed by atoms with Crippen molar-refractivity contribution in [1.29, 1.82) is 5.26 Å². The predicted octanol–water partition coefficient (Wildman–Crippen LogP) is 2.62. The van der Waals surface area contributed by atoms with Crippen molar-refractivity contribution >= 4 is 11.5 Å². The van der Waals surface area contributed by atoms with Crippen molar-refractivity contribution in [2.75, 3.05) is 18.5 Å². The maximum Gasteiger partial charge on any atom is 0.312 e. The lowest BCUT2D eigenvalue weighted by Gasteiger charge is -2.22. The molecule has 1 aliphatic rings. The minimum atomic E-state index is -0.543. The molecule has 0 radical (unpaired) electrons. The van der Waals surface area contributed by atoms with Crippen molar-refractivity contribution in [3.63, 3.8) is 0 Å². The van der Waals surface area contributed by atoms with Gasteiger partial charge in [-0.25, -0.2) is 4.98 Å². The second-order valence-electron chi connectivity index (χ2n) is 5.02. The van der Waals surface area contributed by atoms with Gasteiger partial charge in [0.1, 0.15) is 6.07 Å². The Hall–Kier alpha value is -2.20. The number of nitrogens with zero attached hydrogens (tertiary/aromatic N) is 3. The minimum Gasteiger partial charge on any atom is -0.376 e. The molecular weight excluding hydrogens is 272 g/mol. The van der Waals surface area contributed by atoms with E-state index < -0.39 is 4.92 Å². The molecule has 1 fully saturated rings. The van der Waals surface area contributed by atoms with Crippen LogP contribution in [0.5, 0.6) is 0 Å². The summed E-state index contributed by atoms with van der Waals surface area (Å²) in [4.78, 5) is 14.3. The van der Waals surface area contributed by atoms with E-state index in [4.69, 9.17) is 10.00 Å². The molecule has 1 aromatic heterocycles. The molecule has 112 valence electrons. The van der Waals surface area contributed by atoms with E-state index in [0.29, 0.717) is 19.3 Å². The van der Waals surface area contributed by atoms with E-state index in [-0.39, 0.29) is 17.1 Å². The second-order valence-corrected chi connectivity index (χ2v) is 5.02. The molecule has 0 saturated heterocycles. The van der Waals surface area contributed by atoms with Gasteiger partial charge in [0.05, 0.1) is 23.2 Å². The summed E-state index contributed by atoms with van der Waals surface area (Å²) in [5.74, 6) is 0.172. The lowest BCUT2D eigenvalue weighted by Crippen LogP contribution is -2.21. The Morgan fingerprint density at radius 1 is 1.48 bits per heavy atom. The second kappa shape index (κ2) is 7.55. The van der Waals surface area contributed by atoms with Crippen LogP contribution < -0.4 is 5.32 Å². The molecule has 7 nitrogen and oxygen atoms in total. The molecule has 0 bridgehead atoms. The van der Waals surface area contributed by atoms with E-state index in [1.165, 1.54) is 31.5 Å². The summed E-state index contributed by atoms with van der Waals surface area (Å²) in [5.41, 5.74) is -0.0163. The smallest absolute Gasteiger partial charge is 0.312 e. The molecule has 1 heterocycles. The van der Waals surface area contributed by atoms with Crippen LogP contribution in [0, 0.1) is 21.4 Å². The highest BCUT2D eigenvalue weighted by Gasteiger charge is 2.17. The topological polar surface area (TPSA) is 101 Å². The van der Waals surface area contributed by atoms with E-state index in [0.717, 1.165) is 12.8 Å². The fraction of sp³-hybridized carbons (Fsp3) is 0.571. The Bertz CT molecular complexity index is 536. The zero-order valence-corrected chi connectivity index (χ0v) is 11.7. The number of nitro groups is 1. The number of pyridine rings is 1. The van der Waals surface area contributed by atoms with Gasteiger partial charge in [-0.1, -0.05) is 19.3 Å². The number of nitriles is 1. The third-order valence-corrected chi connectivity index (χ3v) is 3.49. The van der Waals surface area contributed by atoms with E-state index >= 15 is 0 Å². The first-order chi connectivity index (χ1) is 10.2. The van der Waals surface area contributed by atoms with Crippen LogP contribution in [0.3, 0.4) is 0 Å². The third-order valence-electron chi connectivity index (χ3n) is 3.49. The van der Waals surface area contributed by atoms with Crippen LogP contribution in [0.25, 0.3) is 0 Å². The molecule has 1 N–H and O–H groups in total. The van der Waals surface area contributed by atoms with Crippen molar-refractivity contribution in [2.45, 2.75) is 38.2 Å². The number of ether oxygens (including phenoxy) is 1. The minimum absolute atomic E-state index is 0.172. The highest BCUT2D eigenvalue weighted by atomic mass is 16.6. The van der Waals surface area contributed by atoms with Gasteiger partial charge in [0.25, 0.3) is 0 Å². The highest BCUT2D eigenvalue weighted by Crippen LogP contribution is 2.23. The summed E-state index contributed by atoms with van der Waals surface area (Å²) < 4.78 is 5.74. The molecule has 1 saturated carbocycles. The van der Waals surface area contributed by atoms with Crippen LogP contribution in [0.4, 0.5) is 11.5 Å². The van der Waals surface area contributed by atoms with Gasteiger partial charge >= 0.3 is 5.69 Å². The summed E-state index contributed by atoms with van der Waals surface area (Å²) in [5, 5.41) is 22.6. The van der Waals surface area contributed by atoms with Gasteiger partial charge in [0, 0.05) is 18.8 Å². The van der Waals surface area contributed by atoms with Crippen molar-refractivity contribution in [3.8, 4) is 6.07 Å². The van der Waals surface area contributed by atoms with Gasteiger partial charge in [-0.15, -0.1) is 0 Å². The van der Waals surface area contributed by atoms with Crippen molar-refractivity contribution in [1.82, 2.24) is 4.98 Å². The molecule has 21 heavy (non-hydrogen) atoms. The van der Waals surface area contributed by atoms with Crippen LogP contribution >= 0.6 is 0 Å². The van der Waals surface area contributed by atoms with Gasteiger partial charge in [-0.3, -0.25) is 10.1 Å². The molecular formula is C14H18N4O3. The first-order valence-electron chi connectivity index (χ1n) is 7.10. The molecule has 7 heteroatoms. The average molecular weight is 290 g/mol. The zero-order valence-electron chi connectivity index (χ0n) is 11.7. The van der Waals surface area contributed by atoms with Gasteiger partial charge in [-0.2, -0.15) is 5.26 Å². The van der Waals surface area contributed by atoms with Gasteiger partial charge in [-0.05, 0) is 12.8 Å². The number of aromatic nitrogens is 1. The summed E-state index contributed by atoms with van der Waals surface area (Å²) in [6, 6.07) is 3.06. The van der Waals surface area contributed by atoms with Crippen LogP contribution in [0.15, 0.2) is 12.3 Å². The quantitative estimate of drug-likeness (QED) is 0.491. The number of hydrogen-bond donors (Lipinski definition) is 1. The Morgan fingerprint density at radius 2 is 2.24 bits per heavy atom. The van der Waals surface area contributed by atoms with Crippen LogP contribution in [0.1, 0.15) is 37.7 Å². The lowest BCUT2D eigenvalue weighted by atomic mass is 9.98. The number of anilines is 1.